The third kappa shape index (κ3) is 59.7. The molecule has 0 radical (unpaired) electrons. The van der Waals surface area contributed by atoms with Crippen molar-refractivity contribution in [2.75, 3.05) is 13.2 Å². The van der Waals surface area contributed by atoms with Crippen molar-refractivity contribution in [1.82, 2.24) is 5.32 Å². The Hall–Kier alpha value is -1.40. The van der Waals surface area contributed by atoms with Crippen LogP contribution < -0.4 is 5.32 Å². The molecule has 0 heterocycles. The smallest absolute Gasteiger partial charge is 0.305 e. The first kappa shape index (κ1) is 71.6. The number of esters is 1. The van der Waals surface area contributed by atoms with Crippen LogP contribution in [0.1, 0.15) is 380 Å². The third-order valence-electron chi connectivity index (χ3n) is 15.8. The molecule has 2 atom stereocenters. The average Bonchev–Trinajstić information content (AvgIpc) is 3.39. The van der Waals surface area contributed by atoms with Crippen LogP contribution >= 0.6 is 0 Å². The monoisotopic (exact) mass is 1030 g/mol. The van der Waals surface area contributed by atoms with Gasteiger partial charge in [-0.05, 0) is 51.4 Å². The van der Waals surface area contributed by atoms with Crippen LogP contribution in [0.15, 0.2) is 12.2 Å². The summed E-state index contributed by atoms with van der Waals surface area (Å²) in [6.07, 6.45) is 76.6. The minimum absolute atomic E-state index is 0.00173. The van der Waals surface area contributed by atoms with Gasteiger partial charge in [-0.1, -0.05) is 328 Å². The highest BCUT2D eigenvalue weighted by molar-refractivity contribution is 5.76. The van der Waals surface area contributed by atoms with Gasteiger partial charge in [0.2, 0.25) is 5.91 Å². The van der Waals surface area contributed by atoms with Gasteiger partial charge in [0, 0.05) is 12.8 Å². The fraction of sp³-hybridized carbons (Fsp3) is 0.940. The van der Waals surface area contributed by atoms with Crippen LogP contribution in [-0.4, -0.2) is 47.4 Å². The number of amides is 1. The molecule has 6 nitrogen and oxygen atoms in total. The first-order chi connectivity index (χ1) is 36.0. The largest absolute Gasteiger partial charge is 0.466 e. The number of hydrogen-bond acceptors (Lipinski definition) is 5. The molecular formula is C67H131NO5. The average molecular weight is 1030 g/mol. The summed E-state index contributed by atoms with van der Waals surface area (Å²) in [6, 6.07) is -0.547. The van der Waals surface area contributed by atoms with Gasteiger partial charge in [-0.2, -0.15) is 0 Å². The molecule has 3 N–H and O–H groups in total. The van der Waals surface area contributed by atoms with Gasteiger partial charge in [0.05, 0.1) is 25.4 Å². The Balaban J connectivity index is 3.40. The SMILES string of the molecule is CCCCCCCCC/C=C\CCCCCCCCCC(=O)OCCCCCCCCCCCCCCCCCCC(=O)NC(CO)C(O)CCCCCCCCCCCCCCCCCCCCCCCC. The highest BCUT2D eigenvalue weighted by Crippen LogP contribution is 2.19. The fourth-order valence-corrected chi connectivity index (χ4v) is 10.7. The molecule has 0 spiro atoms. The zero-order valence-electron chi connectivity index (χ0n) is 49.6. The van der Waals surface area contributed by atoms with Crippen molar-refractivity contribution >= 4 is 11.9 Å². The predicted octanol–water partition coefficient (Wildman–Crippen LogP) is 21.2. The Labute approximate surface area is 457 Å². The topological polar surface area (TPSA) is 95.9 Å². The Morgan fingerprint density at radius 3 is 0.973 bits per heavy atom. The summed E-state index contributed by atoms with van der Waals surface area (Å²) in [4.78, 5) is 24.6. The van der Waals surface area contributed by atoms with Gasteiger partial charge in [0.25, 0.3) is 0 Å². The summed E-state index contributed by atoms with van der Waals surface area (Å²) in [5, 5.41) is 23.4. The van der Waals surface area contributed by atoms with Crippen molar-refractivity contribution in [2.45, 2.75) is 392 Å². The molecule has 0 aliphatic carbocycles. The lowest BCUT2D eigenvalue weighted by Crippen LogP contribution is -2.45. The van der Waals surface area contributed by atoms with Crippen LogP contribution in [-0.2, 0) is 14.3 Å². The summed E-state index contributed by atoms with van der Waals surface area (Å²) < 4.78 is 5.50. The van der Waals surface area contributed by atoms with Crippen molar-refractivity contribution in [2.24, 2.45) is 0 Å². The minimum Gasteiger partial charge on any atom is -0.466 e. The van der Waals surface area contributed by atoms with Crippen molar-refractivity contribution < 1.29 is 24.5 Å². The molecule has 0 aromatic rings. The molecular weight excluding hydrogens is 899 g/mol. The van der Waals surface area contributed by atoms with Crippen LogP contribution in [0.4, 0.5) is 0 Å². The quantitative estimate of drug-likeness (QED) is 0.0320. The van der Waals surface area contributed by atoms with Gasteiger partial charge in [0.15, 0.2) is 0 Å². The van der Waals surface area contributed by atoms with Crippen LogP contribution in [0.2, 0.25) is 0 Å². The Bertz CT molecular complexity index is 1100. The van der Waals surface area contributed by atoms with E-state index < -0.39 is 12.1 Å². The van der Waals surface area contributed by atoms with Gasteiger partial charge in [-0.15, -0.1) is 0 Å². The van der Waals surface area contributed by atoms with Crippen molar-refractivity contribution in [3.63, 3.8) is 0 Å². The van der Waals surface area contributed by atoms with Crippen LogP contribution in [0.5, 0.6) is 0 Å². The van der Waals surface area contributed by atoms with E-state index in [4.69, 9.17) is 4.74 Å². The lowest BCUT2D eigenvalue weighted by molar-refractivity contribution is -0.143. The standard InChI is InChI=1S/C67H131NO5/c1-3-5-7-9-11-13-15-17-19-21-23-24-25-26-27-31-35-39-43-47-51-55-59-65(70)64(63-69)68-66(71)60-56-52-48-44-40-36-32-29-30-34-38-42-46-50-54-58-62-73-67(72)61-57-53-49-45-41-37-33-28-22-20-18-16-14-12-10-8-6-4-2/h20,22,64-65,69-70H,3-19,21,23-63H2,1-2H3,(H,68,71)/b22-20-. The second-order valence-corrected chi connectivity index (χ2v) is 23.2. The third-order valence-corrected chi connectivity index (χ3v) is 15.8. The van der Waals surface area contributed by atoms with E-state index in [0.29, 0.717) is 25.9 Å². The number of aliphatic hydroxyl groups is 2. The van der Waals surface area contributed by atoms with Crippen molar-refractivity contribution in [3.05, 3.63) is 12.2 Å². The summed E-state index contributed by atoms with van der Waals surface area (Å²) in [6.45, 7) is 4.97. The number of carbonyl (C=O) groups is 2. The molecule has 0 aliphatic heterocycles. The summed E-state index contributed by atoms with van der Waals surface area (Å²) in [7, 11) is 0. The van der Waals surface area contributed by atoms with Gasteiger partial charge in [-0.3, -0.25) is 9.59 Å². The maximum absolute atomic E-state index is 12.5. The van der Waals surface area contributed by atoms with Crippen molar-refractivity contribution in [3.8, 4) is 0 Å². The fourth-order valence-electron chi connectivity index (χ4n) is 10.7. The van der Waals surface area contributed by atoms with Crippen molar-refractivity contribution in [1.29, 1.82) is 0 Å². The number of carbonyl (C=O) groups excluding carboxylic acids is 2. The van der Waals surface area contributed by atoms with Gasteiger partial charge >= 0.3 is 5.97 Å². The predicted molar refractivity (Wildman–Crippen MR) is 320 cm³/mol. The Kier molecular flexibility index (Phi) is 61.9. The molecule has 0 aromatic carbocycles. The van der Waals surface area contributed by atoms with E-state index >= 15 is 0 Å². The molecule has 0 aliphatic rings. The van der Waals surface area contributed by atoms with E-state index in [0.717, 1.165) is 44.9 Å². The van der Waals surface area contributed by atoms with Gasteiger partial charge < -0.3 is 20.3 Å². The van der Waals surface area contributed by atoms with Gasteiger partial charge in [0.1, 0.15) is 0 Å². The molecule has 434 valence electrons. The maximum atomic E-state index is 12.5. The van der Waals surface area contributed by atoms with E-state index in [1.807, 2.05) is 0 Å². The molecule has 0 saturated heterocycles. The van der Waals surface area contributed by atoms with Crippen LogP contribution in [0.3, 0.4) is 0 Å². The van der Waals surface area contributed by atoms with Crippen LogP contribution in [0.25, 0.3) is 0 Å². The highest BCUT2D eigenvalue weighted by atomic mass is 16.5. The molecule has 6 heteroatoms. The number of unbranched alkanes of at least 4 members (excludes halogenated alkanes) is 50. The Morgan fingerprint density at radius 1 is 0.370 bits per heavy atom. The number of ether oxygens (including phenoxy) is 1. The maximum Gasteiger partial charge on any atom is 0.305 e. The van der Waals surface area contributed by atoms with E-state index in [1.165, 1.54) is 302 Å². The molecule has 73 heavy (non-hydrogen) atoms. The number of hydrogen-bond donors (Lipinski definition) is 3. The number of aliphatic hydroxyl groups excluding tert-OH is 2. The summed E-state index contributed by atoms with van der Waals surface area (Å²) >= 11 is 0. The second kappa shape index (κ2) is 63.1. The summed E-state index contributed by atoms with van der Waals surface area (Å²) in [5.41, 5.74) is 0. The van der Waals surface area contributed by atoms with E-state index in [9.17, 15) is 19.8 Å². The molecule has 1 amide bonds. The molecule has 0 rings (SSSR count). The minimum atomic E-state index is -0.670. The zero-order chi connectivity index (χ0) is 52.9. The first-order valence-corrected chi connectivity index (χ1v) is 33.4. The van der Waals surface area contributed by atoms with E-state index in [2.05, 4.69) is 31.3 Å². The lowest BCUT2D eigenvalue weighted by atomic mass is 10.0. The number of allylic oxidation sites excluding steroid dienone is 2. The highest BCUT2D eigenvalue weighted by Gasteiger charge is 2.20. The normalized spacial score (nSPS) is 12.5. The van der Waals surface area contributed by atoms with E-state index in [1.54, 1.807) is 0 Å². The lowest BCUT2D eigenvalue weighted by Gasteiger charge is -2.22. The number of rotatable bonds is 63. The molecule has 0 aromatic heterocycles. The first-order valence-electron chi connectivity index (χ1n) is 33.4. The molecule has 0 saturated carbocycles. The molecule has 0 bridgehead atoms. The van der Waals surface area contributed by atoms with Gasteiger partial charge in [-0.25, -0.2) is 0 Å². The van der Waals surface area contributed by atoms with Crippen LogP contribution in [0, 0.1) is 0 Å². The molecule has 2 unspecified atom stereocenters. The molecule has 0 fully saturated rings. The Morgan fingerprint density at radius 2 is 0.644 bits per heavy atom. The second-order valence-electron chi connectivity index (χ2n) is 23.2. The zero-order valence-corrected chi connectivity index (χ0v) is 49.6. The number of nitrogens with one attached hydrogen (secondary N) is 1. The van der Waals surface area contributed by atoms with E-state index in [-0.39, 0.29) is 18.5 Å². The summed E-state index contributed by atoms with van der Waals surface area (Å²) in [5.74, 6) is -0.0355.